The summed E-state index contributed by atoms with van der Waals surface area (Å²) in [6.45, 7) is -0.0139. The highest BCUT2D eigenvalue weighted by atomic mass is 19.4. The van der Waals surface area contributed by atoms with Crippen LogP contribution in [-0.4, -0.2) is 24.4 Å². The first-order chi connectivity index (χ1) is 8.97. The molecule has 2 rings (SSSR count). The van der Waals surface area contributed by atoms with Crippen LogP contribution in [0, 0.1) is 0 Å². The summed E-state index contributed by atoms with van der Waals surface area (Å²) in [5.74, 6) is 0.618. The van der Waals surface area contributed by atoms with Crippen LogP contribution in [-0.2, 0) is 0 Å². The van der Waals surface area contributed by atoms with Gasteiger partial charge in [-0.1, -0.05) is 0 Å². The first-order valence-corrected chi connectivity index (χ1v) is 5.88. The molecule has 0 radical (unpaired) electrons. The quantitative estimate of drug-likeness (QED) is 0.929. The molecule has 3 nitrogen and oxygen atoms in total. The summed E-state index contributed by atoms with van der Waals surface area (Å²) < 4.78 is 45.4. The van der Waals surface area contributed by atoms with Gasteiger partial charge in [0.2, 0.25) is 0 Å². The topological polar surface area (TPSA) is 40.2 Å². The number of hydrogen-bond acceptors (Lipinski definition) is 2. The van der Waals surface area contributed by atoms with Crippen LogP contribution >= 0.6 is 0 Å². The largest absolute Gasteiger partial charge is 0.497 e. The van der Waals surface area contributed by atoms with E-state index in [1.165, 1.54) is 17.9 Å². The minimum absolute atomic E-state index is 0.0139. The summed E-state index contributed by atoms with van der Waals surface area (Å²) in [7, 11) is 1.52. The average molecular weight is 272 g/mol. The first-order valence-electron chi connectivity index (χ1n) is 5.88. The van der Waals surface area contributed by atoms with Crippen molar-refractivity contribution in [3.8, 4) is 5.75 Å². The zero-order chi connectivity index (χ0) is 14.0. The molecule has 0 fully saturated rings. The van der Waals surface area contributed by atoms with E-state index < -0.39 is 12.2 Å². The molecular formula is C13H15F3N2O. The number of alkyl halides is 3. The fourth-order valence-corrected chi connectivity index (χ4v) is 2.16. The van der Waals surface area contributed by atoms with Crippen LogP contribution in [0.5, 0.6) is 5.75 Å². The van der Waals surface area contributed by atoms with Crippen molar-refractivity contribution in [2.24, 2.45) is 5.73 Å². The summed E-state index contributed by atoms with van der Waals surface area (Å²) in [5, 5.41) is 0.714. The van der Waals surface area contributed by atoms with Gasteiger partial charge in [0.05, 0.1) is 7.11 Å². The smallest absolute Gasteiger partial charge is 0.409 e. The number of rotatable bonds is 4. The number of benzene rings is 1. The average Bonchev–Trinajstić information content (AvgIpc) is 2.77. The van der Waals surface area contributed by atoms with Crippen molar-refractivity contribution in [2.75, 3.05) is 13.7 Å². The Hall–Kier alpha value is -1.69. The van der Waals surface area contributed by atoms with E-state index in [-0.39, 0.29) is 13.0 Å². The molecule has 0 saturated heterocycles. The van der Waals surface area contributed by atoms with Crippen molar-refractivity contribution in [2.45, 2.75) is 18.6 Å². The molecule has 19 heavy (non-hydrogen) atoms. The Morgan fingerprint density at radius 2 is 2.05 bits per heavy atom. The molecule has 0 aliphatic carbocycles. The predicted molar refractivity (Wildman–Crippen MR) is 67.3 cm³/mol. The summed E-state index contributed by atoms with van der Waals surface area (Å²) >= 11 is 0. The number of nitrogens with two attached hydrogens (primary N) is 1. The maximum absolute atomic E-state index is 13.0. The number of hydrogen-bond donors (Lipinski definition) is 1. The van der Waals surface area contributed by atoms with Crippen LogP contribution in [0.15, 0.2) is 30.5 Å². The van der Waals surface area contributed by atoms with Crippen LogP contribution in [0.1, 0.15) is 12.5 Å². The van der Waals surface area contributed by atoms with E-state index in [4.69, 9.17) is 10.5 Å². The molecule has 0 aliphatic rings. The molecule has 104 valence electrons. The maximum Gasteiger partial charge on any atom is 0.409 e. The molecular weight excluding hydrogens is 257 g/mol. The molecule has 1 aromatic heterocycles. The van der Waals surface area contributed by atoms with Gasteiger partial charge >= 0.3 is 6.18 Å². The zero-order valence-electron chi connectivity index (χ0n) is 10.4. The van der Waals surface area contributed by atoms with Gasteiger partial charge in [-0.05, 0) is 37.2 Å². The molecule has 0 aliphatic heterocycles. The Balaban J connectivity index is 2.49. The third-order valence-corrected chi connectivity index (χ3v) is 3.08. The van der Waals surface area contributed by atoms with Crippen LogP contribution in [0.2, 0.25) is 0 Å². The minimum Gasteiger partial charge on any atom is -0.497 e. The lowest BCUT2D eigenvalue weighted by Crippen LogP contribution is -2.28. The summed E-state index contributed by atoms with van der Waals surface area (Å²) in [6, 6.07) is 5.04. The summed E-state index contributed by atoms with van der Waals surface area (Å²) in [4.78, 5) is 0. The molecule has 2 aromatic rings. The monoisotopic (exact) mass is 272 g/mol. The van der Waals surface area contributed by atoms with Gasteiger partial charge < -0.3 is 15.0 Å². The second kappa shape index (κ2) is 5.13. The van der Waals surface area contributed by atoms with Gasteiger partial charge in [0.25, 0.3) is 0 Å². The highest BCUT2D eigenvalue weighted by Gasteiger charge is 2.40. The minimum atomic E-state index is -4.31. The number of fused-ring (bicyclic) bond motifs is 1. The van der Waals surface area contributed by atoms with Crippen LogP contribution in [0.25, 0.3) is 10.9 Å². The maximum atomic E-state index is 13.0. The Morgan fingerprint density at radius 3 is 2.63 bits per heavy atom. The lowest BCUT2D eigenvalue weighted by atomic mass is 10.2. The third kappa shape index (κ3) is 2.68. The van der Waals surface area contributed by atoms with Gasteiger partial charge in [0.15, 0.2) is 0 Å². The van der Waals surface area contributed by atoms with Crippen molar-refractivity contribution >= 4 is 10.9 Å². The number of halogens is 3. The van der Waals surface area contributed by atoms with Crippen LogP contribution in [0.3, 0.4) is 0 Å². The Morgan fingerprint density at radius 1 is 1.32 bits per heavy atom. The Labute approximate surface area is 108 Å². The van der Waals surface area contributed by atoms with Gasteiger partial charge in [-0.15, -0.1) is 0 Å². The van der Waals surface area contributed by atoms with Crippen molar-refractivity contribution in [3.63, 3.8) is 0 Å². The fraction of sp³-hybridized carbons (Fsp3) is 0.385. The Bertz CT molecular complexity index is 563. The Kier molecular flexibility index (Phi) is 3.71. The van der Waals surface area contributed by atoms with Crippen molar-refractivity contribution < 1.29 is 17.9 Å². The number of nitrogens with zero attached hydrogens (tertiary/aromatic N) is 1. The zero-order valence-corrected chi connectivity index (χ0v) is 10.4. The van der Waals surface area contributed by atoms with Gasteiger partial charge in [-0.3, -0.25) is 0 Å². The number of aromatic nitrogens is 1. The summed E-state index contributed by atoms with van der Waals surface area (Å²) in [5.41, 5.74) is 5.81. The predicted octanol–water partition coefficient (Wildman–Crippen LogP) is 3.10. The van der Waals surface area contributed by atoms with Crippen LogP contribution < -0.4 is 10.5 Å². The van der Waals surface area contributed by atoms with Crippen molar-refractivity contribution in [3.05, 3.63) is 30.5 Å². The molecule has 1 aromatic carbocycles. The molecule has 6 heteroatoms. The number of ether oxygens (including phenoxy) is 1. The van der Waals surface area contributed by atoms with Crippen molar-refractivity contribution in [1.82, 2.24) is 4.57 Å². The second-order valence-corrected chi connectivity index (χ2v) is 4.28. The second-order valence-electron chi connectivity index (χ2n) is 4.28. The molecule has 1 atom stereocenters. The van der Waals surface area contributed by atoms with Gasteiger partial charge in [0, 0.05) is 17.1 Å². The molecule has 0 saturated carbocycles. The van der Waals surface area contributed by atoms with Gasteiger partial charge in [-0.25, -0.2) is 0 Å². The summed E-state index contributed by atoms with van der Waals surface area (Å²) in [6.07, 6.45) is -3.01. The van der Waals surface area contributed by atoms with E-state index >= 15 is 0 Å². The third-order valence-electron chi connectivity index (χ3n) is 3.08. The van der Waals surface area contributed by atoms with E-state index in [1.54, 1.807) is 24.3 Å². The first kappa shape index (κ1) is 13.7. The normalized spacial score (nSPS) is 13.7. The molecule has 1 heterocycles. The SMILES string of the molecule is COc1ccc2c(ccn2C(CCN)C(F)(F)F)c1. The van der Waals surface area contributed by atoms with E-state index in [1.807, 2.05) is 0 Å². The molecule has 2 N–H and O–H groups in total. The van der Waals surface area contributed by atoms with E-state index in [9.17, 15) is 13.2 Å². The van der Waals surface area contributed by atoms with E-state index in [2.05, 4.69) is 0 Å². The molecule has 0 bridgehead atoms. The number of methoxy groups -OCH3 is 1. The highest BCUT2D eigenvalue weighted by molar-refractivity contribution is 5.81. The molecule has 0 spiro atoms. The van der Waals surface area contributed by atoms with Gasteiger partial charge in [0.1, 0.15) is 11.8 Å². The van der Waals surface area contributed by atoms with Crippen LogP contribution in [0.4, 0.5) is 13.2 Å². The molecule has 1 unspecified atom stereocenters. The van der Waals surface area contributed by atoms with E-state index in [0.29, 0.717) is 16.7 Å². The standard InChI is InChI=1S/C13H15F3N2O/c1-19-10-2-3-11-9(8-10)5-7-18(11)12(4-6-17)13(14,15)16/h2-3,5,7-8,12H,4,6,17H2,1H3. The van der Waals surface area contributed by atoms with Gasteiger partial charge in [-0.2, -0.15) is 13.2 Å². The lowest BCUT2D eigenvalue weighted by Gasteiger charge is -2.22. The highest BCUT2D eigenvalue weighted by Crippen LogP contribution is 2.36. The van der Waals surface area contributed by atoms with Crippen molar-refractivity contribution in [1.29, 1.82) is 0 Å². The van der Waals surface area contributed by atoms with E-state index in [0.717, 1.165) is 0 Å². The lowest BCUT2D eigenvalue weighted by molar-refractivity contribution is -0.167. The fourth-order valence-electron chi connectivity index (χ4n) is 2.16. The molecule has 0 amide bonds.